The van der Waals surface area contributed by atoms with E-state index >= 15 is 0 Å². The average Bonchev–Trinajstić information content (AvgIpc) is 3.05. The quantitative estimate of drug-likeness (QED) is 0.491. The first-order valence-corrected chi connectivity index (χ1v) is 7.55. The van der Waals surface area contributed by atoms with Gasteiger partial charge in [-0.25, -0.2) is 14.4 Å². The Morgan fingerprint density at radius 1 is 0.962 bits per heavy atom. The molecule has 4 rings (SSSR count). The number of hydrogen-bond acceptors (Lipinski definition) is 3. The van der Waals surface area contributed by atoms with Crippen LogP contribution in [0.15, 0.2) is 61.2 Å². The van der Waals surface area contributed by atoms with Crippen LogP contribution in [-0.2, 0) is 6.18 Å². The van der Waals surface area contributed by atoms with Gasteiger partial charge >= 0.3 is 6.18 Å². The fourth-order valence-electron chi connectivity index (χ4n) is 2.66. The van der Waals surface area contributed by atoms with E-state index in [1.807, 2.05) is 6.07 Å². The zero-order valence-corrected chi connectivity index (χ0v) is 13.1. The lowest BCUT2D eigenvalue weighted by Gasteiger charge is -2.08. The van der Waals surface area contributed by atoms with Gasteiger partial charge in [-0.2, -0.15) is 13.2 Å². The highest BCUT2D eigenvalue weighted by molar-refractivity contribution is 5.72. The number of hydrogen-bond donors (Lipinski definition) is 0. The van der Waals surface area contributed by atoms with Gasteiger partial charge in [0.25, 0.3) is 0 Å². The number of rotatable bonds is 2. The Bertz CT molecular complexity index is 1090. The molecule has 8 heteroatoms. The van der Waals surface area contributed by atoms with Gasteiger partial charge in [0.1, 0.15) is 11.5 Å². The third kappa shape index (κ3) is 2.79. The largest absolute Gasteiger partial charge is 0.433 e. The predicted octanol–water partition coefficient (Wildman–Crippen LogP) is 4.62. The predicted molar refractivity (Wildman–Crippen MR) is 86.6 cm³/mol. The molecule has 0 amide bonds. The number of imidazole rings is 1. The van der Waals surface area contributed by atoms with Gasteiger partial charge in [-0.15, -0.1) is 0 Å². The summed E-state index contributed by atoms with van der Waals surface area (Å²) in [6.07, 6.45) is 1.18. The number of pyridine rings is 1. The van der Waals surface area contributed by atoms with Crippen LogP contribution in [-0.4, -0.2) is 19.4 Å². The van der Waals surface area contributed by atoms with Crippen molar-refractivity contribution in [2.75, 3.05) is 0 Å². The topological polar surface area (TPSA) is 43.1 Å². The van der Waals surface area contributed by atoms with Crippen LogP contribution < -0.4 is 0 Å². The molecule has 26 heavy (non-hydrogen) atoms. The van der Waals surface area contributed by atoms with E-state index in [-0.39, 0.29) is 11.3 Å². The Labute approximate surface area is 144 Å². The zero-order valence-electron chi connectivity index (χ0n) is 13.1. The summed E-state index contributed by atoms with van der Waals surface area (Å²) < 4.78 is 54.1. The minimum atomic E-state index is -4.57. The molecule has 0 saturated carbocycles. The molecule has 0 aliphatic heterocycles. The first-order valence-electron chi connectivity index (χ1n) is 7.55. The lowest BCUT2D eigenvalue weighted by molar-refractivity contribution is -0.141. The molecule has 3 aromatic heterocycles. The molecule has 3 heterocycles. The first kappa shape index (κ1) is 16.2. The van der Waals surface area contributed by atoms with Crippen molar-refractivity contribution in [2.45, 2.75) is 6.18 Å². The van der Waals surface area contributed by atoms with E-state index in [0.717, 1.165) is 17.2 Å². The van der Waals surface area contributed by atoms with Crippen LogP contribution in [0.2, 0.25) is 0 Å². The van der Waals surface area contributed by atoms with Crippen LogP contribution in [0.5, 0.6) is 0 Å². The third-order valence-corrected chi connectivity index (χ3v) is 3.91. The second-order valence-electron chi connectivity index (χ2n) is 5.56. The number of fused-ring (bicyclic) bond motifs is 1. The van der Waals surface area contributed by atoms with Gasteiger partial charge in [-0.05, 0) is 29.8 Å². The average molecular weight is 358 g/mol. The SMILES string of the molecule is Fc1ccc(-c2cccnc2)cc1-c1cnc2nc(C(F)(F)F)ccn12. The van der Waals surface area contributed by atoms with Gasteiger partial charge in [0.05, 0.1) is 11.9 Å². The van der Waals surface area contributed by atoms with Crippen LogP contribution in [0.25, 0.3) is 28.2 Å². The lowest BCUT2D eigenvalue weighted by atomic mass is 10.0. The zero-order chi connectivity index (χ0) is 18.3. The number of nitrogens with zero attached hydrogens (tertiary/aromatic N) is 4. The van der Waals surface area contributed by atoms with Crippen molar-refractivity contribution in [3.05, 3.63) is 72.7 Å². The number of aromatic nitrogens is 4. The van der Waals surface area contributed by atoms with E-state index in [4.69, 9.17) is 0 Å². The maximum Gasteiger partial charge on any atom is 0.433 e. The maximum atomic E-state index is 14.4. The van der Waals surface area contributed by atoms with Crippen molar-refractivity contribution >= 4 is 5.78 Å². The molecule has 0 aliphatic rings. The molecule has 0 fully saturated rings. The molecule has 130 valence electrons. The minimum absolute atomic E-state index is 0.152. The molecular weight excluding hydrogens is 348 g/mol. The summed E-state index contributed by atoms with van der Waals surface area (Å²) in [5.41, 5.74) is 0.987. The summed E-state index contributed by atoms with van der Waals surface area (Å²) in [4.78, 5) is 11.4. The fraction of sp³-hybridized carbons (Fsp3) is 0.0556. The molecule has 4 nitrogen and oxygen atoms in total. The molecular formula is C18H10F4N4. The summed E-state index contributed by atoms with van der Waals surface area (Å²) >= 11 is 0. The van der Waals surface area contributed by atoms with Crippen LogP contribution in [0.1, 0.15) is 5.69 Å². The van der Waals surface area contributed by atoms with Crippen molar-refractivity contribution in [3.63, 3.8) is 0 Å². The molecule has 0 N–H and O–H groups in total. The van der Waals surface area contributed by atoms with Crippen LogP contribution in [0.4, 0.5) is 17.6 Å². The minimum Gasteiger partial charge on any atom is -0.284 e. The smallest absolute Gasteiger partial charge is 0.284 e. The molecule has 0 bridgehead atoms. The molecule has 0 radical (unpaired) electrons. The normalized spacial score (nSPS) is 11.8. The highest BCUT2D eigenvalue weighted by Gasteiger charge is 2.33. The Morgan fingerprint density at radius 3 is 2.54 bits per heavy atom. The Kier molecular flexibility index (Phi) is 3.68. The monoisotopic (exact) mass is 358 g/mol. The highest BCUT2D eigenvalue weighted by Crippen LogP contribution is 2.31. The molecule has 0 atom stereocenters. The first-order chi connectivity index (χ1) is 12.4. The third-order valence-electron chi connectivity index (χ3n) is 3.91. The second kappa shape index (κ2) is 5.91. The Morgan fingerprint density at radius 2 is 1.81 bits per heavy atom. The molecule has 0 unspecified atom stereocenters. The van der Waals surface area contributed by atoms with Crippen molar-refractivity contribution in [1.29, 1.82) is 0 Å². The summed E-state index contributed by atoms with van der Waals surface area (Å²) in [6, 6.07) is 8.94. The number of alkyl halides is 3. The van der Waals surface area contributed by atoms with E-state index in [0.29, 0.717) is 5.69 Å². The molecule has 0 aliphatic carbocycles. The second-order valence-corrected chi connectivity index (χ2v) is 5.56. The Balaban J connectivity index is 1.85. The number of benzene rings is 1. The molecule has 4 aromatic rings. The van der Waals surface area contributed by atoms with Gasteiger partial charge in [0.2, 0.25) is 5.78 Å². The summed E-state index contributed by atoms with van der Waals surface area (Å²) in [5.74, 6) is -0.666. The Hall–Kier alpha value is -3.29. The van der Waals surface area contributed by atoms with Gasteiger partial charge in [-0.3, -0.25) is 9.38 Å². The fourth-order valence-corrected chi connectivity index (χ4v) is 2.66. The van der Waals surface area contributed by atoms with Crippen molar-refractivity contribution < 1.29 is 17.6 Å². The van der Waals surface area contributed by atoms with Gasteiger partial charge in [0, 0.05) is 29.7 Å². The van der Waals surface area contributed by atoms with Crippen molar-refractivity contribution in [2.24, 2.45) is 0 Å². The van der Waals surface area contributed by atoms with Crippen LogP contribution in [0.3, 0.4) is 0 Å². The van der Waals surface area contributed by atoms with E-state index in [1.165, 1.54) is 22.9 Å². The number of halogens is 4. The van der Waals surface area contributed by atoms with E-state index in [2.05, 4.69) is 15.0 Å². The van der Waals surface area contributed by atoms with Crippen molar-refractivity contribution in [1.82, 2.24) is 19.4 Å². The van der Waals surface area contributed by atoms with Gasteiger partial charge < -0.3 is 0 Å². The van der Waals surface area contributed by atoms with Crippen LogP contribution >= 0.6 is 0 Å². The van der Waals surface area contributed by atoms with E-state index in [1.54, 1.807) is 30.6 Å². The van der Waals surface area contributed by atoms with Gasteiger partial charge in [-0.1, -0.05) is 12.1 Å². The highest BCUT2D eigenvalue weighted by atomic mass is 19.4. The van der Waals surface area contributed by atoms with E-state index in [9.17, 15) is 17.6 Å². The summed E-state index contributed by atoms with van der Waals surface area (Å²) in [7, 11) is 0. The summed E-state index contributed by atoms with van der Waals surface area (Å²) in [5, 5.41) is 0. The lowest BCUT2D eigenvalue weighted by Crippen LogP contribution is -2.09. The molecule has 0 saturated heterocycles. The molecule has 1 aromatic carbocycles. The standard InChI is InChI=1S/C18H10F4N4/c19-14-4-3-11(12-2-1-6-23-9-12)8-13(14)15-10-24-17-25-16(18(20,21)22)5-7-26(15)17/h1-10H. The maximum absolute atomic E-state index is 14.4. The van der Waals surface area contributed by atoms with Gasteiger partial charge in [0.15, 0.2) is 0 Å². The molecule has 0 spiro atoms. The van der Waals surface area contributed by atoms with Crippen molar-refractivity contribution in [3.8, 4) is 22.4 Å². The van der Waals surface area contributed by atoms with E-state index < -0.39 is 17.7 Å². The van der Waals surface area contributed by atoms with Crippen LogP contribution in [0, 0.1) is 5.82 Å². The summed E-state index contributed by atoms with van der Waals surface area (Å²) in [6.45, 7) is 0.